The largest absolute Gasteiger partial charge is 0.480 e. The second-order valence-electron chi connectivity index (χ2n) is 4.60. The van der Waals surface area contributed by atoms with E-state index in [4.69, 9.17) is 16.7 Å². The van der Waals surface area contributed by atoms with Gasteiger partial charge in [-0.3, -0.25) is 9.59 Å². The van der Waals surface area contributed by atoms with Crippen molar-refractivity contribution in [2.24, 2.45) is 0 Å². The predicted molar refractivity (Wildman–Crippen MR) is 76.6 cm³/mol. The number of carbonyl (C=O) groups is 2. The SMILES string of the molecule is CC(NC(=O)C(C)(C)Sc1cccc(Cl)c1)C(=O)O. The first kappa shape index (κ1) is 15.9. The Bertz CT molecular complexity index is 491. The molecule has 4 nitrogen and oxygen atoms in total. The molecule has 104 valence electrons. The van der Waals surface area contributed by atoms with Crippen molar-refractivity contribution in [3.63, 3.8) is 0 Å². The van der Waals surface area contributed by atoms with Gasteiger partial charge in [-0.2, -0.15) is 0 Å². The molecule has 2 N–H and O–H groups in total. The monoisotopic (exact) mass is 301 g/mol. The number of carboxylic acid groups (broad SMARTS) is 1. The van der Waals surface area contributed by atoms with Gasteiger partial charge in [0, 0.05) is 9.92 Å². The first-order valence-corrected chi connectivity index (χ1v) is 6.90. The average Bonchev–Trinajstić information content (AvgIpc) is 2.27. The Kier molecular flexibility index (Phi) is 5.26. The summed E-state index contributed by atoms with van der Waals surface area (Å²) in [5, 5.41) is 11.8. The van der Waals surface area contributed by atoms with Gasteiger partial charge in [0.15, 0.2) is 0 Å². The van der Waals surface area contributed by atoms with Gasteiger partial charge in [-0.15, -0.1) is 11.8 Å². The molecule has 0 bridgehead atoms. The Balaban J connectivity index is 2.75. The van der Waals surface area contributed by atoms with Crippen LogP contribution >= 0.6 is 23.4 Å². The van der Waals surface area contributed by atoms with E-state index >= 15 is 0 Å². The fraction of sp³-hybridized carbons (Fsp3) is 0.385. The molecule has 1 amide bonds. The Labute approximate surface area is 121 Å². The molecular formula is C13H16ClNO3S. The minimum Gasteiger partial charge on any atom is -0.480 e. The normalized spacial score (nSPS) is 12.8. The number of aliphatic carboxylic acids is 1. The van der Waals surface area contributed by atoms with Crippen LogP contribution in [0.25, 0.3) is 0 Å². The van der Waals surface area contributed by atoms with Crippen LogP contribution in [0.3, 0.4) is 0 Å². The molecule has 1 aromatic rings. The summed E-state index contributed by atoms with van der Waals surface area (Å²) in [6.45, 7) is 4.91. The van der Waals surface area contributed by atoms with E-state index in [0.717, 1.165) is 4.90 Å². The predicted octanol–water partition coefficient (Wildman–Crippen LogP) is 2.80. The van der Waals surface area contributed by atoms with Crippen LogP contribution in [0.5, 0.6) is 0 Å². The van der Waals surface area contributed by atoms with E-state index in [9.17, 15) is 9.59 Å². The Morgan fingerprint density at radius 3 is 2.58 bits per heavy atom. The number of amides is 1. The number of carboxylic acids is 1. The molecule has 0 fully saturated rings. The first-order chi connectivity index (χ1) is 8.72. The van der Waals surface area contributed by atoms with E-state index in [1.807, 2.05) is 6.07 Å². The molecule has 1 unspecified atom stereocenters. The van der Waals surface area contributed by atoms with Crippen LogP contribution in [0, 0.1) is 0 Å². The average molecular weight is 302 g/mol. The van der Waals surface area contributed by atoms with Crippen LogP contribution in [0.4, 0.5) is 0 Å². The third-order valence-electron chi connectivity index (χ3n) is 2.43. The number of nitrogens with one attached hydrogen (secondary N) is 1. The quantitative estimate of drug-likeness (QED) is 0.821. The lowest BCUT2D eigenvalue weighted by Gasteiger charge is -2.24. The molecule has 0 aliphatic rings. The molecule has 1 atom stereocenters. The molecule has 0 radical (unpaired) electrons. The van der Waals surface area contributed by atoms with E-state index in [2.05, 4.69) is 5.32 Å². The molecule has 0 aliphatic heterocycles. The summed E-state index contributed by atoms with van der Waals surface area (Å²) in [4.78, 5) is 23.6. The third-order valence-corrected chi connectivity index (χ3v) is 3.85. The van der Waals surface area contributed by atoms with Crippen molar-refractivity contribution in [3.05, 3.63) is 29.3 Å². The van der Waals surface area contributed by atoms with E-state index < -0.39 is 16.8 Å². The Morgan fingerprint density at radius 2 is 2.05 bits per heavy atom. The summed E-state index contributed by atoms with van der Waals surface area (Å²) < 4.78 is -0.783. The van der Waals surface area contributed by atoms with Crippen molar-refractivity contribution in [1.82, 2.24) is 5.32 Å². The summed E-state index contributed by atoms with van der Waals surface area (Å²) >= 11 is 7.22. The number of benzene rings is 1. The van der Waals surface area contributed by atoms with Crippen molar-refractivity contribution in [2.45, 2.75) is 36.5 Å². The standard InChI is InChI=1S/C13H16ClNO3S/c1-8(11(16)17)15-12(18)13(2,3)19-10-6-4-5-9(14)7-10/h4-8H,1-3H3,(H,15,18)(H,16,17). The lowest BCUT2D eigenvalue weighted by molar-refractivity contribution is -0.141. The van der Waals surface area contributed by atoms with Crippen molar-refractivity contribution in [1.29, 1.82) is 0 Å². The smallest absolute Gasteiger partial charge is 0.325 e. The van der Waals surface area contributed by atoms with Gasteiger partial charge in [-0.05, 0) is 39.0 Å². The van der Waals surface area contributed by atoms with Crippen LogP contribution in [0.2, 0.25) is 5.02 Å². The second-order valence-corrected chi connectivity index (χ2v) is 6.74. The number of halogens is 1. The number of rotatable bonds is 5. The zero-order valence-corrected chi connectivity index (χ0v) is 12.5. The Morgan fingerprint density at radius 1 is 1.42 bits per heavy atom. The van der Waals surface area contributed by atoms with Crippen LogP contribution in [-0.2, 0) is 9.59 Å². The maximum atomic E-state index is 12.0. The minimum absolute atomic E-state index is 0.327. The van der Waals surface area contributed by atoms with Gasteiger partial charge in [0.05, 0.1) is 4.75 Å². The van der Waals surface area contributed by atoms with Gasteiger partial charge in [0.2, 0.25) is 5.91 Å². The highest BCUT2D eigenvalue weighted by Gasteiger charge is 2.31. The fourth-order valence-electron chi connectivity index (χ4n) is 1.30. The summed E-state index contributed by atoms with van der Waals surface area (Å²) in [6.07, 6.45) is 0. The van der Waals surface area contributed by atoms with Crippen LogP contribution < -0.4 is 5.32 Å². The Hall–Kier alpha value is -1.20. The van der Waals surface area contributed by atoms with Gasteiger partial charge in [-0.1, -0.05) is 17.7 Å². The summed E-state index contributed by atoms with van der Waals surface area (Å²) in [6, 6.07) is 6.27. The topological polar surface area (TPSA) is 66.4 Å². The van der Waals surface area contributed by atoms with E-state index in [1.54, 1.807) is 32.0 Å². The molecular weight excluding hydrogens is 286 g/mol. The molecule has 1 rings (SSSR count). The summed E-state index contributed by atoms with van der Waals surface area (Å²) in [7, 11) is 0. The van der Waals surface area contributed by atoms with Gasteiger partial charge in [0.1, 0.15) is 6.04 Å². The molecule has 0 heterocycles. The lowest BCUT2D eigenvalue weighted by atomic mass is 10.2. The molecule has 0 aromatic heterocycles. The maximum Gasteiger partial charge on any atom is 0.325 e. The zero-order chi connectivity index (χ0) is 14.6. The number of thioether (sulfide) groups is 1. The minimum atomic E-state index is -1.06. The highest BCUT2D eigenvalue weighted by atomic mass is 35.5. The van der Waals surface area contributed by atoms with Gasteiger partial charge in [-0.25, -0.2) is 0 Å². The van der Waals surface area contributed by atoms with E-state index in [-0.39, 0.29) is 5.91 Å². The van der Waals surface area contributed by atoms with Crippen molar-refractivity contribution in [3.8, 4) is 0 Å². The van der Waals surface area contributed by atoms with Crippen LogP contribution in [-0.4, -0.2) is 27.8 Å². The third kappa shape index (κ3) is 4.76. The highest BCUT2D eigenvalue weighted by Crippen LogP contribution is 2.33. The highest BCUT2D eigenvalue weighted by molar-refractivity contribution is 8.01. The molecule has 6 heteroatoms. The van der Waals surface area contributed by atoms with Gasteiger partial charge in [0.25, 0.3) is 0 Å². The zero-order valence-electron chi connectivity index (χ0n) is 10.9. The second kappa shape index (κ2) is 6.30. The molecule has 19 heavy (non-hydrogen) atoms. The summed E-state index contributed by atoms with van der Waals surface area (Å²) in [5.74, 6) is -1.38. The first-order valence-electron chi connectivity index (χ1n) is 5.71. The van der Waals surface area contributed by atoms with Crippen molar-refractivity contribution < 1.29 is 14.7 Å². The van der Waals surface area contributed by atoms with Crippen molar-refractivity contribution in [2.75, 3.05) is 0 Å². The number of carbonyl (C=O) groups excluding carboxylic acids is 1. The van der Waals surface area contributed by atoms with E-state index in [1.165, 1.54) is 18.7 Å². The molecule has 0 saturated carbocycles. The van der Waals surface area contributed by atoms with E-state index in [0.29, 0.717) is 5.02 Å². The number of hydrogen-bond donors (Lipinski definition) is 2. The maximum absolute atomic E-state index is 12.0. The van der Waals surface area contributed by atoms with Crippen molar-refractivity contribution >= 4 is 35.2 Å². The van der Waals surface area contributed by atoms with Crippen LogP contribution in [0.15, 0.2) is 29.2 Å². The van der Waals surface area contributed by atoms with Gasteiger partial charge >= 0.3 is 5.97 Å². The molecule has 0 aliphatic carbocycles. The van der Waals surface area contributed by atoms with Crippen LogP contribution in [0.1, 0.15) is 20.8 Å². The van der Waals surface area contributed by atoms with Gasteiger partial charge < -0.3 is 10.4 Å². The molecule has 0 spiro atoms. The number of hydrogen-bond acceptors (Lipinski definition) is 3. The summed E-state index contributed by atoms with van der Waals surface area (Å²) in [5.41, 5.74) is 0. The molecule has 1 aromatic carbocycles. The fourth-order valence-corrected chi connectivity index (χ4v) is 2.63. The lowest BCUT2D eigenvalue weighted by Crippen LogP contribution is -2.46. The molecule has 0 saturated heterocycles.